The van der Waals surface area contributed by atoms with Crippen molar-refractivity contribution in [2.24, 2.45) is 5.10 Å². The van der Waals surface area contributed by atoms with Gasteiger partial charge >= 0.3 is 0 Å². The molecule has 0 unspecified atom stereocenters. The molecule has 2 aromatic rings. The summed E-state index contributed by atoms with van der Waals surface area (Å²) in [5.41, 5.74) is 2.81. The topological polar surface area (TPSA) is 45.1 Å². The number of amides is 1. The third kappa shape index (κ3) is 4.37. The lowest BCUT2D eigenvalue weighted by molar-refractivity contribution is -0.122. The van der Waals surface area contributed by atoms with Gasteiger partial charge in [0.1, 0.15) is 5.75 Å². The molecular weight excluding hydrogens is 378 g/mol. The number of methoxy groups -OCH3 is 1. The number of carbonyl (C=O) groups excluding carboxylic acids is 1. The SMILES string of the molecule is COc1ccccc1C=NN1C(=O)C(=Cc2ccc(N(C)C)cc2)SC1=S. The van der Waals surface area contributed by atoms with Crippen molar-refractivity contribution >= 4 is 52.2 Å². The second-order valence-corrected chi connectivity index (χ2v) is 7.64. The van der Waals surface area contributed by atoms with Crippen LogP contribution in [0.2, 0.25) is 0 Å². The van der Waals surface area contributed by atoms with Gasteiger partial charge in [0, 0.05) is 25.3 Å². The molecular formula is C20H19N3O2S2. The van der Waals surface area contributed by atoms with Gasteiger partial charge in [0.15, 0.2) is 4.32 Å². The van der Waals surface area contributed by atoms with E-state index in [0.29, 0.717) is 15.0 Å². The number of anilines is 1. The molecule has 1 fully saturated rings. The number of thiocarbonyl (C=S) groups is 1. The molecule has 1 saturated heterocycles. The summed E-state index contributed by atoms with van der Waals surface area (Å²) in [5, 5.41) is 5.51. The molecule has 5 nitrogen and oxygen atoms in total. The average Bonchev–Trinajstić information content (AvgIpc) is 2.93. The highest BCUT2D eigenvalue weighted by molar-refractivity contribution is 8.26. The Balaban J connectivity index is 1.79. The van der Waals surface area contributed by atoms with E-state index in [1.807, 2.05) is 73.6 Å². The van der Waals surface area contributed by atoms with E-state index in [1.54, 1.807) is 13.3 Å². The molecule has 27 heavy (non-hydrogen) atoms. The smallest absolute Gasteiger partial charge is 0.286 e. The first-order valence-electron chi connectivity index (χ1n) is 8.22. The van der Waals surface area contributed by atoms with E-state index in [4.69, 9.17) is 17.0 Å². The van der Waals surface area contributed by atoms with Crippen LogP contribution >= 0.6 is 24.0 Å². The van der Waals surface area contributed by atoms with Crippen LogP contribution < -0.4 is 9.64 Å². The van der Waals surface area contributed by atoms with E-state index < -0.39 is 0 Å². The Morgan fingerprint density at radius 2 is 1.85 bits per heavy atom. The number of benzene rings is 2. The van der Waals surface area contributed by atoms with Crippen LogP contribution in [0.5, 0.6) is 5.75 Å². The van der Waals surface area contributed by atoms with Gasteiger partial charge in [-0.2, -0.15) is 10.1 Å². The van der Waals surface area contributed by atoms with Crippen molar-refractivity contribution in [1.29, 1.82) is 0 Å². The van der Waals surface area contributed by atoms with Crippen LogP contribution in [0.4, 0.5) is 5.69 Å². The Bertz CT molecular complexity index is 921. The van der Waals surface area contributed by atoms with E-state index in [-0.39, 0.29) is 5.91 Å². The molecule has 0 aliphatic carbocycles. The summed E-state index contributed by atoms with van der Waals surface area (Å²) < 4.78 is 5.70. The van der Waals surface area contributed by atoms with Gasteiger partial charge < -0.3 is 9.64 Å². The molecule has 1 aliphatic heterocycles. The summed E-state index contributed by atoms with van der Waals surface area (Å²) >= 11 is 6.56. The summed E-state index contributed by atoms with van der Waals surface area (Å²) in [6.07, 6.45) is 3.41. The summed E-state index contributed by atoms with van der Waals surface area (Å²) in [6.45, 7) is 0. The predicted octanol–water partition coefficient (Wildman–Crippen LogP) is 4.00. The van der Waals surface area contributed by atoms with Crippen molar-refractivity contribution in [3.8, 4) is 5.75 Å². The van der Waals surface area contributed by atoms with E-state index in [0.717, 1.165) is 16.8 Å². The molecule has 1 amide bonds. The number of rotatable bonds is 5. The van der Waals surface area contributed by atoms with Crippen molar-refractivity contribution in [3.05, 3.63) is 64.6 Å². The van der Waals surface area contributed by atoms with Crippen LogP contribution in [0.15, 0.2) is 58.5 Å². The van der Waals surface area contributed by atoms with Crippen molar-refractivity contribution in [3.63, 3.8) is 0 Å². The zero-order chi connectivity index (χ0) is 19.4. The number of hydrogen-bond acceptors (Lipinski definition) is 6. The van der Waals surface area contributed by atoms with Crippen molar-refractivity contribution in [2.45, 2.75) is 0 Å². The second-order valence-electron chi connectivity index (χ2n) is 5.97. The van der Waals surface area contributed by atoms with Crippen LogP contribution in [-0.4, -0.2) is 42.7 Å². The van der Waals surface area contributed by atoms with Crippen molar-refractivity contribution in [2.75, 3.05) is 26.1 Å². The normalized spacial score (nSPS) is 15.8. The first kappa shape index (κ1) is 19.1. The number of para-hydroxylation sites is 1. The molecule has 0 radical (unpaired) electrons. The highest BCUT2D eigenvalue weighted by Gasteiger charge is 2.32. The van der Waals surface area contributed by atoms with Crippen LogP contribution in [-0.2, 0) is 4.79 Å². The molecule has 2 aromatic carbocycles. The minimum atomic E-state index is -0.229. The average molecular weight is 398 g/mol. The van der Waals surface area contributed by atoms with Crippen LogP contribution in [0.25, 0.3) is 6.08 Å². The number of nitrogens with zero attached hydrogens (tertiary/aromatic N) is 3. The highest BCUT2D eigenvalue weighted by Crippen LogP contribution is 2.33. The van der Waals surface area contributed by atoms with Gasteiger partial charge in [-0.3, -0.25) is 4.79 Å². The van der Waals surface area contributed by atoms with Gasteiger partial charge in [-0.15, -0.1) is 0 Å². The first-order valence-corrected chi connectivity index (χ1v) is 9.44. The van der Waals surface area contributed by atoms with Gasteiger partial charge in [-0.05, 0) is 48.1 Å². The van der Waals surface area contributed by atoms with Crippen LogP contribution in [0, 0.1) is 0 Å². The number of thioether (sulfide) groups is 1. The molecule has 0 bridgehead atoms. The van der Waals surface area contributed by atoms with Crippen LogP contribution in [0.1, 0.15) is 11.1 Å². The minimum absolute atomic E-state index is 0.229. The van der Waals surface area contributed by atoms with Gasteiger partial charge in [-0.25, -0.2) is 0 Å². The molecule has 0 saturated carbocycles. The molecule has 1 heterocycles. The molecule has 1 aliphatic rings. The Kier molecular flexibility index (Phi) is 5.93. The maximum atomic E-state index is 12.7. The lowest BCUT2D eigenvalue weighted by atomic mass is 10.2. The molecule has 0 N–H and O–H groups in total. The molecule has 7 heteroatoms. The summed E-state index contributed by atoms with van der Waals surface area (Å²) in [6, 6.07) is 15.4. The fraction of sp³-hybridized carbons (Fsp3) is 0.150. The fourth-order valence-corrected chi connectivity index (χ4v) is 3.64. The van der Waals surface area contributed by atoms with E-state index in [2.05, 4.69) is 5.10 Å². The van der Waals surface area contributed by atoms with E-state index in [1.165, 1.54) is 16.8 Å². The molecule has 138 valence electrons. The summed E-state index contributed by atoms with van der Waals surface area (Å²) in [7, 11) is 5.57. The lowest BCUT2D eigenvalue weighted by Crippen LogP contribution is -2.22. The van der Waals surface area contributed by atoms with E-state index in [9.17, 15) is 4.79 Å². The number of carbonyl (C=O) groups is 1. The maximum Gasteiger partial charge on any atom is 0.286 e. The zero-order valence-corrected chi connectivity index (χ0v) is 16.9. The summed E-state index contributed by atoms with van der Waals surface area (Å²) in [5.74, 6) is 0.455. The predicted molar refractivity (Wildman–Crippen MR) is 116 cm³/mol. The quantitative estimate of drug-likeness (QED) is 0.434. The van der Waals surface area contributed by atoms with Gasteiger partial charge in [0.25, 0.3) is 5.91 Å². The molecule has 3 rings (SSSR count). The van der Waals surface area contributed by atoms with Gasteiger partial charge in [-0.1, -0.05) is 36.0 Å². The number of ether oxygens (including phenoxy) is 1. The summed E-state index contributed by atoms with van der Waals surface area (Å²) in [4.78, 5) is 15.2. The zero-order valence-electron chi connectivity index (χ0n) is 15.2. The lowest BCUT2D eigenvalue weighted by Gasteiger charge is -2.11. The minimum Gasteiger partial charge on any atom is -0.496 e. The van der Waals surface area contributed by atoms with Gasteiger partial charge in [0.05, 0.1) is 18.2 Å². The second kappa shape index (κ2) is 8.37. The van der Waals surface area contributed by atoms with Crippen LogP contribution in [0.3, 0.4) is 0 Å². The molecule has 0 spiro atoms. The number of hydrazone groups is 1. The third-order valence-corrected chi connectivity index (χ3v) is 5.21. The van der Waals surface area contributed by atoms with E-state index >= 15 is 0 Å². The standard InChI is InChI=1S/C20H19N3O2S2/c1-22(2)16-10-8-14(9-11-16)12-18-19(24)23(20(26)27-18)21-13-15-6-4-5-7-17(15)25-3/h4-13H,1-3H3. The maximum absolute atomic E-state index is 12.7. The van der Waals surface area contributed by atoms with Gasteiger partial charge in [0.2, 0.25) is 0 Å². The first-order chi connectivity index (χ1) is 13.0. The highest BCUT2D eigenvalue weighted by atomic mass is 32.2. The Labute approximate surface area is 168 Å². The Morgan fingerprint density at radius 3 is 2.52 bits per heavy atom. The largest absolute Gasteiger partial charge is 0.496 e. The van der Waals surface area contributed by atoms with Crippen molar-refractivity contribution in [1.82, 2.24) is 5.01 Å². The molecule has 0 atom stereocenters. The van der Waals surface area contributed by atoms with Crippen molar-refractivity contribution < 1.29 is 9.53 Å². The monoisotopic (exact) mass is 397 g/mol. The molecule has 0 aromatic heterocycles. The Morgan fingerprint density at radius 1 is 1.15 bits per heavy atom. The Hall–Kier alpha value is -2.64. The fourth-order valence-electron chi connectivity index (χ4n) is 2.47. The third-order valence-electron chi connectivity index (χ3n) is 3.93. The number of hydrogen-bond donors (Lipinski definition) is 0.